The Morgan fingerprint density at radius 2 is 1.87 bits per heavy atom. The van der Waals surface area contributed by atoms with Crippen LogP contribution in [0.2, 0.25) is 0 Å². The lowest BCUT2D eigenvalue weighted by Gasteiger charge is -2.20. The van der Waals surface area contributed by atoms with E-state index in [-0.39, 0.29) is 0 Å². The van der Waals surface area contributed by atoms with Crippen LogP contribution in [0.5, 0.6) is 0 Å². The fourth-order valence-corrected chi connectivity index (χ4v) is 2.90. The maximum atomic E-state index is 3.67. The SMILES string of the molecule is Brc1ccc(C2CC2)cc1N1CCCC1. The monoisotopic (exact) mass is 265 g/mol. The van der Waals surface area contributed by atoms with Crippen molar-refractivity contribution in [1.29, 1.82) is 0 Å². The molecule has 0 spiro atoms. The topological polar surface area (TPSA) is 3.24 Å². The highest BCUT2D eigenvalue weighted by Crippen LogP contribution is 2.42. The molecule has 1 heterocycles. The zero-order chi connectivity index (χ0) is 10.3. The van der Waals surface area contributed by atoms with Crippen LogP contribution in [-0.4, -0.2) is 13.1 Å². The van der Waals surface area contributed by atoms with Crippen molar-refractivity contribution >= 4 is 21.6 Å². The van der Waals surface area contributed by atoms with Gasteiger partial charge in [0, 0.05) is 17.6 Å². The smallest absolute Gasteiger partial charge is 0.0513 e. The molecular weight excluding hydrogens is 250 g/mol. The van der Waals surface area contributed by atoms with Gasteiger partial charge in [0.05, 0.1) is 5.69 Å². The maximum absolute atomic E-state index is 3.67. The van der Waals surface area contributed by atoms with E-state index in [2.05, 4.69) is 39.0 Å². The van der Waals surface area contributed by atoms with Gasteiger partial charge in [-0.1, -0.05) is 6.07 Å². The minimum Gasteiger partial charge on any atom is -0.371 e. The van der Waals surface area contributed by atoms with Crippen molar-refractivity contribution in [1.82, 2.24) is 0 Å². The van der Waals surface area contributed by atoms with Crippen LogP contribution in [0.25, 0.3) is 0 Å². The molecule has 0 amide bonds. The molecule has 2 fully saturated rings. The Labute approximate surface area is 99.6 Å². The van der Waals surface area contributed by atoms with Gasteiger partial charge in [-0.05, 0) is 65.2 Å². The standard InChI is InChI=1S/C13H16BrN/c14-12-6-5-11(10-3-4-10)9-13(12)15-7-1-2-8-15/h5-6,9-10H,1-4,7-8H2. The lowest BCUT2D eigenvalue weighted by molar-refractivity contribution is 0.949. The molecule has 0 radical (unpaired) electrons. The van der Waals surface area contributed by atoms with Gasteiger partial charge in [-0.25, -0.2) is 0 Å². The van der Waals surface area contributed by atoms with E-state index in [1.165, 1.54) is 48.9 Å². The number of hydrogen-bond donors (Lipinski definition) is 0. The first-order valence-corrected chi connectivity index (χ1v) is 6.68. The summed E-state index contributed by atoms with van der Waals surface area (Å²) in [5.74, 6) is 0.861. The minimum absolute atomic E-state index is 0.861. The van der Waals surface area contributed by atoms with Crippen molar-refractivity contribution in [2.45, 2.75) is 31.6 Å². The van der Waals surface area contributed by atoms with Crippen LogP contribution in [0.1, 0.15) is 37.2 Å². The van der Waals surface area contributed by atoms with Crippen molar-refractivity contribution in [3.05, 3.63) is 28.2 Å². The Morgan fingerprint density at radius 3 is 2.53 bits per heavy atom. The summed E-state index contributed by atoms with van der Waals surface area (Å²) in [6.45, 7) is 2.46. The van der Waals surface area contributed by atoms with Gasteiger partial charge in [0.1, 0.15) is 0 Å². The third-order valence-electron chi connectivity index (χ3n) is 3.47. The second-order valence-electron chi connectivity index (χ2n) is 4.68. The fraction of sp³-hybridized carbons (Fsp3) is 0.538. The average Bonchev–Trinajstić information content (AvgIpc) is 2.95. The van der Waals surface area contributed by atoms with E-state index < -0.39 is 0 Å². The Morgan fingerprint density at radius 1 is 1.13 bits per heavy atom. The molecule has 0 unspecified atom stereocenters. The molecule has 2 heteroatoms. The molecule has 1 nitrogen and oxygen atoms in total. The van der Waals surface area contributed by atoms with Crippen LogP contribution in [0, 0.1) is 0 Å². The summed E-state index contributed by atoms with van der Waals surface area (Å²) in [5, 5.41) is 0. The number of halogens is 1. The number of benzene rings is 1. The highest BCUT2D eigenvalue weighted by Gasteiger charge is 2.25. The molecule has 0 N–H and O–H groups in total. The molecule has 1 aromatic rings. The van der Waals surface area contributed by atoms with Gasteiger partial charge in [0.25, 0.3) is 0 Å². The Kier molecular flexibility index (Phi) is 2.47. The third kappa shape index (κ3) is 1.92. The lowest BCUT2D eigenvalue weighted by atomic mass is 10.1. The van der Waals surface area contributed by atoms with Crippen molar-refractivity contribution in [2.24, 2.45) is 0 Å². The van der Waals surface area contributed by atoms with Crippen molar-refractivity contribution in [3.63, 3.8) is 0 Å². The van der Waals surface area contributed by atoms with Crippen molar-refractivity contribution < 1.29 is 0 Å². The van der Waals surface area contributed by atoms with E-state index in [0.717, 1.165) is 5.92 Å². The average molecular weight is 266 g/mol. The predicted molar refractivity (Wildman–Crippen MR) is 67.6 cm³/mol. The molecule has 2 aliphatic rings. The Hall–Kier alpha value is -0.500. The summed E-state index contributed by atoms with van der Waals surface area (Å²) in [5.41, 5.74) is 2.96. The normalized spacial score (nSPS) is 21.0. The molecule has 1 saturated carbocycles. The first-order chi connectivity index (χ1) is 7.34. The molecule has 1 saturated heterocycles. The van der Waals surface area contributed by atoms with Gasteiger partial charge in [-0.2, -0.15) is 0 Å². The zero-order valence-corrected chi connectivity index (χ0v) is 10.5. The van der Waals surface area contributed by atoms with E-state index in [0.29, 0.717) is 0 Å². The van der Waals surface area contributed by atoms with Gasteiger partial charge < -0.3 is 4.90 Å². The number of rotatable bonds is 2. The second kappa shape index (κ2) is 3.82. The molecule has 15 heavy (non-hydrogen) atoms. The van der Waals surface area contributed by atoms with Gasteiger partial charge in [-0.3, -0.25) is 0 Å². The summed E-state index contributed by atoms with van der Waals surface area (Å²) in [4.78, 5) is 2.51. The summed E-state index contributed by atoms with van der Waals surface area (Å²) in [7, 11) is 0. The van der Waals surface area contributed by atoms with E-state index in [9.17, 15) is 0 Å². The van der Waals surface area contributed by atoms with Gasteiger partial charge >= 0.3 is 0 Å². The van der Waals surface area contributed by atoms with E-state index in [4.69, 9.17) is 0 Å². The summed E-state index contributed by atoms with van der Waals surface area (Å²) < 4.78 is 1.26. The molecule has 0 aromatic heterocycles. The Bertz CT molecular complexity index is 365. The van der Waals surface area contributed by atoms with Crippen LogP contribution in [0.4, 0.5) is 5.69 Å². The lowest BCUT2D eigenvalue weighted by Crippen LogP contribution is -2.18. The fourth-order valence-electron chi connectivity index (χ4n) is 2.40. The Balaban J connectivity index is 1.93. The predicted octanol–water partition coefficient (Wildman–Crippen LogP) is 3.93. The third-order valence-corrected chi connectivity index (χ3v) is 4.14. The first-order valence-electron chi connectivity index (χ1n) is 5.89. The number of anilines is 1. The largest absolute Gasteiger partial charge is 0.371 e. The summed E-state index contributed by atoms with van der Waals surface area (Å²) in [6.07, 6.45) is 5.47. The molecule has 0 bridgehead atoms. The molecule has 1 aliphatic heterocycles. The van der Waals surface area contributed by atoms with E-state index in [1.54, 1.807) is 5.56 Å². The van der Waals surface area contributed by atoms with E-state index in [1.807, 2.05) is 0 Å². The molecule has 0 atom stereocenters. The van der Waals surface area contributed by atoms with Crippen LogP contribution in [-0.2, 0) is 0 Å². The van der Waals surface area contributed by atoms with Crippen LogP contribution >= 0.6 is 15.9 Å². The quantitative estimate of drug-likeness (QED) is 0.784. The highest BCUT2D eigenvalue weighted by atomic mass is 79.9. The first kappa shape index (κ1) is 9.71. The molecular formula is C13H16BrN. The molecule has 3 rings (SSSR count). The summed E-state index contributed by atoms with van der Waals surface area (Å²) in [6, 6.07) is 6.90. The molecule has 1 aromatic carbocycles. The molecule has 1 aliphatic carbocycles. The van der Waals surface area contributed by atoms with Crippen molar-refractivity contribution in [2.75, 3.05) is 18.0 Å². The van der Waals surface area contributed by atoms with Crippen LogP contribution < -0.4 is 4.90 Å². The van der Waals surface area contributed by atoms with Crippen LogP contribution in [0.3, 0.4) is 0 Å². The maximum Gasteiger partial charge on any atom is 0.0513 e. The summed E-state index contributed by atoms with van der Waals surface area (Å²) >= 11 is 3.67. The second-order valence-corrected chi connectivity index (χ2v) is 5.53. The zero-order valence-electron chi connectivity index (χ0n) is 8.88. The van der Waals surface area contributed by atoms with E-state index >= 15 is 0 Å². The highest BCUT2D eigenvalue weighted by molar-refractivity contribution is 9.10. The van der Waals surface area contributed by atoms with Gasteiger partial charge in [-0.15, -0.1) is 0 Å². The minimum atomic E-state index is 0.861. The van der Waals surface area contributed by atoms with Crippen LogP contribution in [0.15, 0.2) is 22.7 Å². The number of nitrogens with zero attached hydrogens (tertiary/aromatic N) is 1. The van der Waals surface area contributed by atoms with Gasteiger partial charge in [0.15, 0.2) is 0 Å². The number of hydrogen-bond acceptors (Lipinski definition) is 1. The molecule has 80 valence electrons. The van der Waals surface area contributed by atoms with Crippen molar-refractivity contribution in [3.8, 4) is 0 Å². The van der Waals surface area contributed by atoms with Gasteiger partial charge in [0.2, 0.25) is 0 Å².